The molecule has 2 unspecified atom stereocenters. The maximum absolute atomic E-state index is 6.26. The van der Waals surface area contributed by atoms with E-state index in [4.69, 9.17) is 38.8 Å². The lowest BCUT2D eigenvalue weighted by atomic mass is 10.3. The van der Waals surface area contributed by atoms with Gasteiger partial charge in [-0.2, -0.15) is 0 Å². The number of hydrogen-bond acceptors (Lipinski definition) is 5. The molecular formula is C7H12Cl2N2OPS2+. The average Bonchev–Trinajstić information content (AvgIpc) is 2.39. The first kappa shape index (κ1) is 14.0. The molecule has 0 aliphatic carbocycles. The van der Waals surface area contributed by atoms with Gasteiger partial charge in [-0.1, -0.05) is 22.9 Å². The maximum atomic E-state index is 6.26. The van der Waals surface area contributed by atoms with Crippen LogP contribution in [0.5, 0.6) is 0 Å². The third-order valence-electron chi connectivity index (χ3n) is 2.08. The summed E-state index contributed by atoms with van der Waals surface area (Å²) in [5, 5.41) is 2.69. The number of nitrogens with zero attached hydrogens (tertiary/aromatic N) is 2. The van der Waals surface area contributed by atoms with Gasteiger partial charge in [0.25, 0.3) is 5.78 Å². The van der Waals surface area contributed by atoms with E-state index in [0.29, 0.717) is 0 Å². The van der Waals surface area contributed by atoms with Gasteiger partial charge in [0.05, 0.1) is 12.8 Å². The molecule has 0 saturated heterocycles. The third-order valence-corrected chi connectivity index (χ3v) is 5.58. The zero-order valence-corrected chi connectivity index (χ0v) is 12.6. The average molecular weight is 306 g/mol. The first-order valence-corrected chi connectivity index (χ1v) is 8.69. The van der Waals surface area contributed by atoms with Gasteiger partial charge in [0, 0.05) is 7.05 Å². The lowest BCUT2D eigenvalue weighted by molar-refractivity contribution is 0.166. The third kappa shape index (κ3) is 2.78. The van der Waals surface area contributed by atoms with Crippen molar-refractivity contribution >= 4 is 52.9 Å². The topological polar surface area (TPSA) is 15.7 Å². The second-order valence-corrected chi connectivity index (χ2v) is 8.03. The Morgan fingerprint density at radius 3 is 2.67 bits per heavy atom. The van der Waals surface area contributed by atoms with Gasteiger partial charge < -0.3 is 4.18 Å². The number of allylic oxidation sites excluding steroid dienone is 1. The monoisotopic (exact) mass is 305 g/mol. The zero-order chi connectivity index (χ0) is 11.6. The van der Waals surface area contributed by atoms with Crippen LogP contribution in [0.4, 0.5) is 0 Å². The van der Waals surface area contributed by atoms with Gasteiger partial charge in [-0.15, -0.1) is 0 Å². The van der Waals surface area contributed by atoms with Gasteiger partial charge in [0.2, 0.25) is 0 Å². The Labute approximate surface area is 110 Å². The van der Waals surface area contributed by atoms with Gasteiger partial charge in [0.1, 0.15) is 17.3 Å². The molecule has 3 nitrogen and oxygen atoms in total. The van der Waals surface area contributed by atoms with Crippen LogP contribution in [0.25, 0.3) is 0 Å². The van der Waals surface area contributed by atoms with Crippen molar-refractivity contribution < 1.29 is 4.18 Å². The van der Waals surface area contributed by atoms with Crippen LogP contribution < -0.4 is 0 Å². The summed E-state index contributed by atoms with van der Waals surface area (Å²) in [6, 6.07) is -1.10. The Balaban J connectivity index is 2.98. The first-order chi connectivity index (χ1) is 7.04. The smallest absolute Gasteiger partial charge is 0.303 e. The maximum Gasteiger partial charge on any atom is 0.316 e. The standard InChI is InChI=1S/C7H12Cl2N2OPS2/c1-4-5-6(8)7(13(9)14)11(10(5)2)15-12-3/h7H,4H2,1-3H3/q+1. The van der Waals surface area contributed by atoms with Crippen molar-refractivity contribution in [3.05, 3.63) is 10.7 Å². The van der Waals surface area contributed by atoms with Crippen molar-refractivity contribution in [2.75, 3.05) is 14.2 Å². The minimum absolute atomic E-state index is 0.136. The van der Waals surface area contributed by atoms with Crippen molar-refractivity contribution in [1.82, 2.24) is 9.42 Å². The van der Waals surface area contributed by atoms with Crippen molar-refractivity contribution in [2.45, 2.75) is 19.1 Å². The second-order valence-electron chi connectivity index (χ2n) is 2.86. The Morgan fingerprint density at radius 1 is 1.67 bits per heavy atom. The predicted molar refractivity (Wildman–Crippen MR) is 71.3 cm³/mol. The van der Waals surface area contributed by atoms with Gasteiger partial charge >= 0.3 is 6.05 Å². The first-order valence-electron chi connectivity index (χ1n) is 4.28. The largest absolute Gasteiger partial charge is 0.316 e. The van der Waals surface area contributed by atoms with E-state index in [9.17, 15) is 0 Å². The molecule has 1 rings (SSSR count). The van der Waals surface area contributed by atoms with Crippen LogP contribution in [-0.4, -0.2) is 29.4 Å². The van der Waals surface area contributed by atoms with Crippen LogP contribution in [0.15, 0.2) is 10.7 Å². The van der Waals surface area contributed by atoms with E-state index in [2.05, 4.69) is 0 Å². The highest BCUT2D eigenvalue weighted by atomic mass is 35.7. The summed E-state index contributed by atoms with van der Waals surface area (Å²) in [5.41, 5.74) is 1.05. The van der Waals surface area contributed by atoms with E-state index in [1.807, 2.05) is 23.4 Å². The Kier molecular flexibility index (Phi) is 5.60. The lowest BCUT2D eigenvalue weighted by Crippen LogP contribution is -2.32. The summed E-state index contributed by atoms with van der Waals surface area (Å²) in [7, 11) is 3.53. The summed E-state index contributed by atoms with van der Waals surface area (Å²) in [5.74, 6) is -0.136. The molecule has 0 N–H and O–H groups in total. The van der Waals surface area contributed by atoms with Gasteiger partial charge in [-0.05, 0) is 6.42 Å². The SMILES string of the molecule is CCC1=C(Cl)C([P+](=S)Cl)N(SOC)N1C. The molecule has 0 saturated carbocycles. The molecule has 0 bridgehead atoms. The lowest BCUT2D eigenvalue weighted by Gasteiger charge is -2.25. The summed E-state index contributed by atoms with van der Waals surface area (Å²) >= 11 is 18.6. The van der Waals surface area contributed by atoms with Crippen LogP contribution >= 0.6 is 41.1 Å². The molecule has 0 aromatic carbocycles. The fraction of sp³-hybridized carbons (Fsp3) is 0.714. The number of hydrogen-bond donors (Lipinski definition) is 0. The molecule has 1 heterocycles. The van der Waals surface area contributed by atoms with Gasteiger partial charge in [0.15, 0.2) is 23.0 Å². The van der Waals surface area contributed by atoms with Crippen LogP contribution in [0.2, 0.25) is 0 Å². The number of halogens is 2. The Morgan fingerprint density at radius 2 is 2.27 bits per heavy atom. The van der Waals surface area contributed by atoms with Gasteiger partial charge in [-0.3, -0.25) is 5.01 Å². The summed E-state index contributed by atoms with van der Waals surface area (Å²) in [4.78, 5) is 0. The van der Waals surface area contributed by atoms with Crippen molar-refractivity contribution in [3.63, 3.8) is 0 Å². The Hall–Kier alpha value is 0.910. The minimum Gasteiger partial charge on any atom is -0.303 e. The summed E-state index contributed by atoms with van der Waals surface area (Å²) in [6.07, 6.45) is 0.849. The van der Waals surface area contributed by atoms with E-state index >= 15 is 0 Å². The summed E-state index contributed by atoms with van der Waals surface area (Å²) in [6.45, 7) is 2.05. The molecule has 2 atom stereocenters. The Bertz CT molecular complexity index is 303. The van der Waals surface area contributed by atoms with Crippen LogP contribution in [0.3, 0.4) is 0 Å². The molecular weight excluding hydrogens is 294 g/mol. The molecule has 0 spiro atoms. The molecule has 0 fully saturated rings. The highest BCUT2D eigenvalue weighted by molar-refractivity contribution is 8.17. The predicted octanol–water partition coefficient (Wildman–Crippen LogP) is 3.64. The molecule has 0 aromatic rings. The molecule has 1 aliphatic heterocycles. The molecule has 0 amide bonds. The van der Waals surface area contributed by atoms with E-state index in [-0.39, 0.29) is 5.78 Å². The fourth-order valence-corrected chi connectivity index (χ4v) is 5.47. The van der Waals surface area contributed by atoms with Crippen LogP contribution in [-0.2, 0) is 16.0 Å². The molecule has 15 heavy (non-hydrogen) atoms. The van der Waals surface area contributed by atoms with E-state index < -0.39 is 6.05 Å². The fourth-order valence-electron chi connectivity index (χ4n) is 1.42. The molecule has 8 heteroatoms. The number of rotatable bonds is 4. The zero-order valence-electron chi connectivity index (χ0n) is 8.61. The number of hydrazine groups is 1. The molecule has 86 valence electrons. The summed E-state index contributed by atoms with van der Waals surface area (Å²) < 4.78 is 6.92. The van der Waals surface area contributed by atoms with Crippen molar-refractivity contribution in [1.29, 1.82) is 0 Å². The van der Waals surface area contributed by atoms with E-state index in [1.54, 1.807) is 7.11 Å². The van der Waals surface area contributed by atoms with Crippen molar-refractivity contribution in [2.24, 2.45) is 0 Å². The molecule has 0 radical (unpaired) electrons. The second kappa shape index (κ2) is 6.01. The van der Waals surface area contributed by atoms with E-state index in [0.717, 1.165) is 17.2 Å². The normalized spacial score (nSPS) is 23.9. The van der Waals surface area contributed by atoms with Gasteiger partial charge in [-0.25, -0.2) is 0 Å². The highest BCUT2D eigenvalue weighted by Crippen LogP contribution is 2.50. The van der Waals surface area contributed by atoms with Crippen molar-refractivity contribution in [3.8, 4) is 0 Å². The van der Waals surface area contributed by atoms with Crippen LogP contribution in [0, 0.1) is 0 Å². The molecule has 0 aromatic heterocycles. The van der Waals surface area contributed by atoms with Crippen LogP contribution in [0.1, 0.15) is 13.3 Å². The highest BCUT2D eigenvalue weighted by Gasteiger charge is 2.46. The molecule has 1 aliphatic rings. The van der Waals surface area contributed by atoms with E-state index in [1.165, 1.54) is 12.2 Å². The minimum atomic E-state index is -1.10. The quantitative estimate of drug-likeness (QED) is 0.446.